The average Bonchev–Trinajstić information content (AvgIpc) is 3.08. The molecule has 3 rings (SSSR count). The number of benzene rings is 1. The molecule has 0 atom stereocenters. The van der Waals surface area contributed by atoms with Crippen LogP contribution in [-0.2, 0) is 13.0 Å². The zero-order valence-corrected chi connectivity index (χ0v) is 11.5. The van der Waals surface area contributed by atoms with Crippen molar-refractivity contribution >= 4 is 17.0 Å². The number of aryl methyl sites for hydroxylation is 1. The first-order chi connectivity index (χ1) is 10.2. The second-order valence-corrected chi connectivity index (χ2v) is 4.72. The van der Waals surface area contributed by atoms with Gasteiger partial charge in [-0.3, -0.25) is 0 Å². The third-order valence-corrected chi connectivity index (χ3v) is 3.25. The van der Waals surface area contributed by atoms with Gasteiger partial charge in [-0.05, 0) is 24.6 Å². The van der Waals surface area contributed by atoms with Crippen molar-refractivity contribution in [1.82, 2.24) is 19.7 Å². The second kappa shape index (κ2) is 5.35. The molecule has 0 aliphatic carbocycles. The van der Waals surface area contributed by atoms with Gasteiger partial charge in [0.25, 0.3) is 0 Å². The largest absolute Gasteiger partial charge is 0.478 e. The Kier molecular flexibility index (Phi) is 3.39. The van der Waals surface area contributed by atoms with Gasteiger partial charge in [0.15, 0.2) is 5.82 Å². The van der Waals surface area contributed by atoms with Crippen LogP contribution in [0, 0.1) is 0 Å². The molecule has 3 aromatic rings. The van der Waals surface area contributed by atoms with Crippen molar-refractivity contribution in [3.05, 3.63) is 41.8 Å². The fraction of sp³-hybridized carbons (Fsp3) is 0.286. The number of hydrogen-bond donors (Lipinski definition) is 1. The smallest absolute Gasteiger partial charge is 0.335 e. The number of nitrogens with zero attached hydrogens (tertiary/aromatic N) is 4. The zero-order valence-electron chi connectivity index (χ0n) is 11.5. The number of carboxylic acid groups (broad SMARTS) is 1. The monoisotopic (exact) mass is 286 g/mol. The van der Waals surface area contributed by atoms with E-state index in [1.54, 1.807) is 18.2 Å². The van der Waals surface area contributed by atoms with E-state index in [-0.39, 0.29) is 5.56 Å². The van der Waals surface area contributed by atoms with Crippen molar-refractivity contribution < 1.29 is 14.4 Å². The first-order valence-corrected chi connectivity index (χ1v) is 6.66. The number of rotatable bonds is 5. The van der Waals surface area contributed by atoms with Gasteiger partial charge in [-0.2, -0.15) is 4.98 Å². The van der Waals surface area contributed by atoms with E-state index in [9.17, 15) is 4.79 Å². The Bertz CT molecular complexity index is 777. The van der Waals surface area contributed by atoms with Crippen molar-refractivity contribution in [2.24, 2.45) is 0 Å². The highest BCUT2D eigenvalue weighted by Crippen LogP contribution is 2.20. The lowest BCUT2D eigenvalue weighted by Gasteiger charge is -2.06. The minimum Gasteiger partial charge on any atom is -0.478 e. The average molecular weight is 286 g/mol. The fourth-order valence-corrected chi connectivity index (χ4v) is 2.30. The molecule has 0 saturated carbocycles. The van der Waals surface area contributed by atoms with Crippen molar-refractivity contribution in [2.45, 2.75) is 26.3 Å². The predicted octanol–water partition coefficient (Wildman–Crippen LogP) is 2.12. The number of aromatic nitrogens is 4. The van der Waals surface area contributed by atoms with E-state index in [2.05, 4.69) is 22.0 Å². The molecule has 0 aliphatic rings. The van der Waals surface area contributed by atoms with Gasteiger partial charge in [0.05, 0.1) is 23.1 Å². The highest BCUT2D eigenvalue weighted by atomic mass is 16.5. The van der Waals surface area contributed by atoms with E-state index in [0.29, 0.717) is 12.4 Å². The molecule has 0 radical (unpaired) electrons. The number of hydrogen-bond acceptors (Lipinski definition) is 5. The molecule has 0 bridgehead atoms. The standard InChI is InChI=1S/C14H14N4O3/c1-2-3-13-16-10-5-4-9(14(19)20)6-11(10)18(13)7-12-15-8-21-17-12/h4-6,8H,2-3,7H2,1H3,(H,19,20). The zero-order chi connectivity index (χ0) is 14.8. The maximum absolute atomic E-state index is 11.1. The minimum absolute atomic E-state index is 0.236. The molecule has 21 heavy (non-hydrogen) atoms. The summed E-state index contributed by atoms with van der Waals surface area (Å²) in [6, 6.07) is 4.92. The van der Waals surface area contributed by atoms with Crippen LogP contribution >= 0.6 is 0 Å². The third kappa shape index (κ3) is 2.49. The molecule has 7 heteroatoms. The maximum atomic E-state index is 11.1. The number of aromatic carboxylic acids is 1. The number of carboxylic acids is 1. The summed E-state index contributed by atoms with van der Waals surface area (Å²) in [7, 11) is 0. The fourth-order valence-electron chi connectivity index (χ4n) is 2.30. The summed E-state index contributed by atoms with van der Waals surface area (Å²) in [6.07, 6.45) is 3.02. The van der Waals surface area contributed by atoms with Crippen LogP contribution in [0.25, 0.3) is 11.0 Å². The summed E-state index contributed by atoms with van der Waals surface area (Å²) < 4.78 is 6.69. The lowest BCUT2D eigenvalue weighted by molar-refractivity contribution is 0.0697. The molecule has 1 aromatic carbocycles. The van der Waals surface area contributed by atoms with Gasteiger partial charge >= 0.3 is 5.97 Å². The van der Waals surface area contributed by atoms with E-state index in [4.69, 9.17) is 9.63 Å². The molecule has 0 fully saturated rings. The summed E-state index contributed by atoms with van der Waals surface area (Å²) in [6.45, 7) is 2.48. The summed E-state index contributed by atoms with van der Waals surface area (Å²) >= 11 is 0. The predicted molar refractivity (Wildman–Crippen MR) is 74.1 cm³/mol. The molecule has 0 amide bonds. The molecule has 0 aliphatic heterocycles. The van der Waals surface area contributed by atoms with Gasteiger partial charge in [-0.25, -0.2) is 9.78 Å². The van der Waals surface area contributed by atoms with Gasteiger partial charge < -0.3 is 14.2 Å². The minimum atomic E-state index is -0.957. The van der Waals surface area contributed by atoms with E-state index in [0.717, 1.165) is 29.7 Å². The van der Waals surface area contributed by atoms with Crippen molar-refractivity contribution in [1.29, 1.82) is 0 Å². The molecule has 2 heterocycles. The molecule has 2 aromatic heterocycles. The van der Waals surface area contributed by atoms with Gasteiger partial charge in [0.2, 0.25) is 6.39 Å². The third-order valence-electron chi connectivity index (χ3n) is 3.25. The molecule has 0 saturated heterocycles. The van der Waals surface area contributed by atoms with Crippen LogP contribution < -0.4 is 0 Å². The van der Waals surface area contributed by atoms with E-state index < -0.39 is 5.97 Å². The van der Waals surface area contributed by atoms with Crippen molar-refractivity contribution in [3.63, 3.8) is 0 Å². The first kappa shape index (κ1) is 13.3. The molecule has 0 unspecified atom stereocenters. The lowest BCUT2D eigenvalue weighted by Crippen LogP contribution is -2.07. The number of carbonyl (C=O) groups is 1. The SMILES string of the molecule is CCCc1nc2ccc(C(=O)O)cc2n1Cc1ncon1. The Morgan fingerprint density at radius 1 is 1.43 bits per heavy atom. The first-order valence-electron chi connectivity index (χ1n) is 6.66. The lowest BCUT2D eigenvalue weighted by atomic mass is 10.2. The van der Waals surface area contributed by atoms with E-state index in [1.165, 1.54) is 6.39 Å². The van der Waals surface area contributed by atoms with Gasteiger partial charge in [-0.1, -0.05) is 12.1 Å². The Hall–Kier alpha value is -2.70. The highest BCUT2D eigenvalue weighted by molar-refractivity contribution is 5.92. The van der Waals surface area contributed by atoms with Crippen LogP contribution in [0.3, 0.4) is 0 Å². The summed E-state index contributed by atoms with van der Waals surface area (Å²) in [5.74, 6) is 0.466. The normalized spacial score (nSPS) is 11.1. The Balaban J connectivity index is 2.13. The second-order valence-electron chi connectivity index (χ2n) is 4.72. The summed E-state index contributed by atoms with van der Waals surface area (Å²) in [4.78, 5) is 19.7. The molecule has 0 spiro atoms. The van der Waals surface area contributed by atoms with E-state index in [1.807, 2.05) is 4.57 Å². The van der Waals surface area contributed by atoms with Gasteiger partial charge in [0, 0.05) is 6.42 Å². The van der Waals surface area contributed by atoms with Crippen LogP contribution in [0.1, 0.15) is 35.4 Å². The van der Waals surface area contributed by atoms with Crippen molar-refractivity contribution in [3.8, 4) is 0 Å². The summed E-state index contributed by atoms with van der Waals surface area (Å²) in [5, 5.41) is 12.9. The van der Waals surface area contributed by atoms with Gasteiger partial charge in [-0.15, -0.1) is 0 Å². The molecule has 1 N–H and O–H groups in total. The van der Waals surface area contributed by atoms with Crippen LogP contribution in [0.4, 0.5) is 0 Å². The van der Waals surface area contributed by atoms with Crippen LogP contribution in [0.15, 0.2) is 29.1 Å². The molecular weight excluding hydrogens is 272 g/mol. The Morgan fingerprint density at radius 2 is 2.29 bits per heavy atom. The summed E-state index contributed by atoms with van der Waals surface area (Å²) in [5.41, 5.74) is 1.77. The highest BCUT2D eigenvalue weighted by Gasteiger charge is 2.14. The van der Waals surface area contributed by atoms with E-state index >= 15 is 0 Å². The molecular formula is C14H14N4O3. The number of fused-ring (bicyclic) bond motifs is 1. The van der Waals surface area contributed by atoms with Crippen LogP contribution in [0.5, 0.6) is 0 Å². The van der Waals surface area contributed by atoms with Crippen LogP contribution in [-0.4, -0.2) is 30.8 Å². The van der Waals surface area contributed by atoms with Crippen molar-refractivity contribution in [2.75, 3.05) is 0 Å². The quantitative estimate of drug-likeness (QED) is 0.772. The maximum Gasteiger partial charge on any atom is 0.335 e. The Labute approximate surface area is 120 Å². The molecule has 7 nitrogen and oxygen atoms in total. The Morgan fingerprint density at radius 3 is 2.95 bits per heavy atom. The number of imidazole rings is 1. The molecule has 108 valence electrons. The topological polar surface area (TPSA) is 94.0 Å². The van der Waals surface area contributed by atoms with Gasteiger partial charge in [0.1, 0.15) is 5.82 Å². The van der Waals surface area contributed by atoms with Crippen LogP contribution in [0.2, 0.25) is 0 Å².